The summed E-state index contributed by atoms with van der Waals surface area (Å²) in [5.74, 6) is 0. The Balaban J connectivity index is 1.04. The number of furan rings is 1. The van der Waals surface area contributed by atoms with Crippen LogP contribution >= 0.6 is 0 Å². The van der Waals surface area contributed by atoms with E-state index < -0.39 is 0 Å². The molecule has 0 amide bonds. The standard InChI is InChI=1S/C62H40N2O/c1-2-16-41(17-3-1)43-19-14-21-47(39-43)63(48-22-15-20-44(40-48)45-34-35-50-46(38-45)33-32-42-18-4-5-23-49(42)50)59-37-36-54(62-61(59)55-27-9-13-31-60(55)65-62)53-26-8-12-30-58(53)64-56-28-10-6-24-51(56)52-25-7-11-29-57(52)64/h1-40H. The minimum Gasteiger partial charge on any atom is -0.455 e. The Bertz CT molecular complexity index is 3920. The Hall–Kier alpha value is -8.66. The Kier molecular flexibility index (Phi) is 8.53. The highest BCUT2D eigenvalue weighted by Gasteiger charge is 2.25. The molecule has 0 bridgehead atoms. The summed E-state index contributed by atoms with van der Waals surface area (Å²) in [6, 6.07) is 87.6. The zero-order valence-corrected chi connectivity index (χ0v) is 35.4. The average Bonchev–Trinajstić information content (AvgIpc) is 3.94. The van der Waals surface area contributed by atoms with Crippen LogP contribution < -0.4 is 4.90 Å². The van der Waals surface area contributed by atoms with Crippen LogP contribution in [0.3, 0.4) is 0 Å². The lowest BCUT2D eigenvalue weighted by atomic mass is 9.96. The largest absolute Gasteiger partial charge is 0.455 e. The molecule has 2 heterocycles. The predicted molar refractivity (Wildman–Crippen MR) is 274 cm³/mol. The van der Waals surface area contributed by atoms with Crippen LogP contribution in [0.2, 0.25) is 0 Å². The number of rotatable bonds is 7. The molecule has 0 aliphatic rings. The molecule has 13 rings (SSSR count). The SMILES string of the molecule is c1ccc(-c2cccc(N(c3cccc(-c4ccc5c(ccc6ccccc65)c4)c3)c3ccc(-c4ccccc4-n4c5ccccc5c5ccccc54)c4oc5ccccc5c34)c2)cc1. The normalized spacial score (nSPS) is 11.7. The van der Waals surface area contributed by atoms with Crippen LogP contribution in [0.1, 0.15) is 0 Å². The summed E-state index contributed by atoms with van der Waals surface area (Å²) in [7, 11) is 0. The van der Waals surface area contributed by atoms with Crippen molar-refractivity contribution in [1.82, 2.24) is 4.57 Å². The fraction of sp³-hybridized carbons (Fsp3) is 0. The van der Waals surface area contributed by atoms with Gasteiger partial charge in [0.2, 0.25) is 0 Å². The Labute approximate surface area is 376 Å². The summed E-state index contributed by atoms with van der Waals surface area (Å²) >= 11 is 0. The summed E-state index contributed by atoms with van der Waals surface area (Å²) in [5, 5.41) is 9.59. The van der Waals surface area contributed by atoms with E-state index in [0.717, 1.165) is 66.9 Å². The van der Waals surface area contributed by atoms with Crippen molar-refractivity contribution in [3.05, 3.63) is 243 Å². The van der Waals surface area contributed by atoms with E-state index in [1.54, 1.807) is 0 Å². The highest BCUT2D eigenvalue weighted by molar-refractivity contribution is 6.18. The van der Waals surface area contributed by atoms with Gasteiger partial charge in [-0.2, -0.15) is 0 Å². The molecule has 0 radical (unpaired) electrons. The zero-order chi connectivity index (χ0) is 42.8. The summed E-state index contributed by atoms with van der Waals surface area (Å²) in [5.41, 5.74) is 15.0. The molecule has 0 N–H and O–H groups in total. The van der Waals surface area contributed by atoms with Crippen LogP contribution in [0.4, 0.5) is 17.1 Å². The maximum atomic E-state index is 7.07. The molecule has 0 fully saturated rings. The van der Waals surface area contributed by atoms with Gasteiger partial charge in [0, 0.05) is 38.7 Å². The van der Waals surface area contributed by atoms with Gasteiger partial charge in [-0.3, -0.25) is 0 Å². The van der Waals surface area contributed by atoms with Gasteiger partial charge in [0.25, 0.3) is 0 Å². The summed E-state index contributed by atoms with van der Waals surface area (Å²) in [6.07, 6.45) is 0. The lowest BCUT2D eigenvalue weighted by molar-refractivity contribution is 0.670. The van der Waals surface area contributed by atoms with Crippen molar-refractivity contribution >= 4 is 82.4 Å². The van der Waals surface area contributed by atoms with Gasteiger partial charge in [-0.1, -0.05) is 176 Å². The molecule has 0 saturated heterocycles. The van der Waals surface area contributed by atoms with Crippen molar-refractivity contribution in [2.24, 2.45) is 0 Å². The number of aromatic nitrogens is 1. The number of hydrogen-bond acceptors (Lipinski definition) is 2. The molecule has 304 valence electrons. The number of para-hydroxylation sites is 4. The second kappa shape index (κ2) is 15.0. The lowest BCUT2D eigenvalue weighted by Gasteiger charge is -2.28. The van der Waals surface area contributed by atoms with Gasteiger partial charge in [0.1, 0.15) is 11.2 Å². The zero-order valence-electron chi connectivity index (χ0n) is 35.4. The quantitative estimate of drug-likeness (QED) is 0.149. The molecule has 11 aromatic carbocycles. The first kappa shape index (κ1) is 36.9. The first-order valence-electron chi connectivity index (χ1n) is 22.2. The van der Waals surface area contributed by atoms with Crippen molar-refractivity contribution in [1.29, 1.82) is 0 Å². The Morgan fingerprint density at radius 3 is 1.68 bits per heavy atom. The van der Waals surface area contributed by atoms with Crippen molar-refractivity contribution in [2.45, 2.75) is 0 Å². The number of hydrogen-bond donors (Lipinski definition) is 0. The molecule has 0 atom stereocenters. The average molecular weight is 829 g/mol. The number of fused-ring (bicyclic) bond motifs is 9. The minimum absolute atomic E-state index is 0.846. The van der Waals surface area contributed by atoms with Crippen molar-refractivity contribution in [3.8, 4) is 39.1 Å². The molecular formula is C62H40N2O. The third-order valence-corrected chi connectivity index (χ3v) is 13.2. The van der Waals surface area contributed by atoms with E-state index in [1.165, 1.54) is 54.5 Å². The van der Waals surface area contributed by atoms with Gasteiger partial charge in [-0.25, -0.2) is 0 Å². The monoisotopic (exact) mass is 828 g/mol. The van der Waals surface area contributed by atoms with Crippen LogP contribution in [0, 0.1) is 0 Å². The molecule has 2 aromatic heterocycles. The van der Waals surface area contributed by atoms with Gasteiger partial charge in [-0.15, -0.1) is 0 Å². The van der Waals surface area contributed by atoms with Crippen molar-refractivity contribution < 1.29 is 4.42 Å². The first-order valence-corrected chi connectivity index (χ1v) is 22.2. The first-order chi connectivity index (χ1) is 32.2. The van der Waals surface area contributed by atoms with Crippen molar-refractivity contribution in [2.75, 3.05) is 4.90 Å². The van der Waals surface area contributed by atoms with E-state index in [1.807, 2.05) is 0 Å². The smallest absolute Gasteiger partial charge is 0.145 e. The molecule has 3 nitrogen and oxygen atoms in total. The second-order valence-electron chi connectivity index (χ2n) is 16.8. The third-order valence-electron chi connectivity index (χ3n) is 13.2. The highest BCUT2D eigenvalue weighted by Crippen LogP contribution is 2.48. The molecule has 0 aliphatic heterocycles. The molecule has 0 aliphatic carbocycles. The molecule has 0 saturated carbocycles. The van der Waals surface area contributed by atoms with Crippen molar-refractivity contribution in [3.63, 3.8) is 0 Å². The molecular weight excluding hydrogens is 789 g/mol. The van der Waals surface area contributed by atoms with Gasteiger partial charge in [0.15, 0.2) is 0 Å². The van der Waals surface area contributed by atoms with Crippen LogP contribution in [0.5, 0.6) is 0 Å². The van der Waals surface area contributed by atoms with Crippen LogP contribution in [-0.2, 0) is 0 Å². The van der Waals surface area contributed by atoms with Crippen LogP contribution in [-0.4, -0.2) is 4.57 Å². The van der Waals surface area contributed by atoms with E-state index in [0.29, 0.717) is 0 Å². The van der Waals surface area contributed by atoms with Gasteiger partial charge in [0.05, 0.1) is 27.8 Å². The minimum atomic E-state index is 0.846. The van der Waals surface area contributed by atoms with Gasteiger partial charge < -0.3 is 13.9 Å². The molecule has 0 unspecified atom stereocenters. The fourth-order valence-electron chi connectivity index (χ4n) is 10.2. The van der Waals surface area contributed by atoms with Crippen LogP contribution in [0.25, 0.3) is 104 Å². The second-order valence-corrected chi connectivity index (χ2v) is 16.8. The molecule has 13 aromatic rings. The van der Waals surface area contributed by atoms with E-state index in [-0.39, 0.29) is 0 Å². The van der Waals surface area contributed by atoms with E-state index in [2.05, 4.69) is 252 Å². The third kappa shape index (κ3) is 6.05. The Morgan fingerprint density at radius 2 is 0.908 bits per heavy atom. The van der Waals surface area contributed by atoms with Gasteiger partial charge in [-0.05, 0) is 111 Å². The topological polar surface area (TPSA) is 21.3 Å². The van der Waals surface area contributed by atoms with E-state index in [9.17, 15) is 0 Å². The fourth-order valence-corrected chi connectivity index (χ4v) is 10.2. The van der Waals surface area contributed by atoms with E-state index in [4.69, 9.17) is 4.42 Å². The van der Waals surface area contributed by atoms with Crippen LogP contribution in [0.15, 0.2) is 247 Å². The summed E-state index contributed by atoms with van der Waals surface area (Å²) in [6.45, 7) is 0. The maximum absolute atomic E-state index is 7.07. The van der Waals surface area contributed by atoms with Gasteiger partial charge >= 0.3 is 0 Å². The summed E-state index contributed by atoms with van der Waals surface area (Å²) < 4.78 is 9.48. The maximum Gasteiger partial charge on any atom is 0.145 e. The molecule has 3 heteroatoms. The Morgan fingerprint density at radius 1 is 0.338 bits per heavy atom. The number of nitrogens with zero attached hydrogens (tertiary/aromatic N) is 2. The molecule has 65 heavy (non-hydrogen) atoms. The highest BCUT2D eigenvalue weighted by atomic mass is 16.3. The summed E-state index contributed by atoms with van der Waals surface area (Å²) in [4.78, 5) is 2.41. The van der Waals surface area contributed by atoms with E-state index >= 15 is 0 Å². The number of anilines is 3. The lowest BCUT2D eigenvalue weighted by Crippen LogP contribution is -2.11. The number of benzene rings is 11. The molecule has 0 spiro atoms. The predicted octanol–water partition coefficient (Wildman–Crippen LogP) is 17.5.